The number of halogens is 3. The fraction of sp³-hybridized carbons (Fsp3) is 0.320. The van der Waals surface area contributed by atoms with E-state index < -0.39 is 17.3 Å². The Balaban J connectivity index is 1.04. The third-order valence-electron chi connectivity index (χ3n) is 14.0. The molecule has 7 aliphatic carbocycles. The molecule has 0 radical (unpaired) electrons. The van der Waals surface area contributed by atoms with Gasteiger partial charge in [-0.2, -0.15) is 13.2 Å². The number of hydrogen-bond acceptors (Lipinski definition) is 0. The van der Waals surface area contributed by atoms with Crippen molar-refractivity contribution in [1.29, 1.82) is 0 Å². The predicted molar refractivity (Wildman–Crippen MR) is 220 cm³/mol. The summed E-state index contributed by atoms with van der Waals surface area (Å²) < 4.78 is 45.7. The minimum absolute atomic E-state index is 0.273. The average molecular weight is 731 g/mol. The molecule has 2 aromatic carbocycles. The highest BCUT2D eigenvalue weighted by atomic mass is 19.4. The van der Waals surface area contributed by atoms with Gasteiger partial charge in [0.25, 0.3) is 0 Å². The second-order valence-electron chi connectivity index (χ2n) is 17.4. The quantitative estimate of drug-likeness (QED) is 0.186. The number of fused-ring (bicyclic) bond motifs is 9. The zero-order valence-corrected chi connectivity index (χ0v) is 31.6. The number of alkyl halides is 3. The van der Waals surface area contributed by atoms with Gasteiger partial charge in [0.2, 0.25) is 0 Å². The van der Waals surface area contributed by atoms with Crippen LogP contribution in [-0.4, -0.2) is 15.3 Å². The molecule has 1 saturated carbocycles. The maximum atomic E-state index is 13.6. The fourth-order valence-electron chi connectivity index (χ4n) is 11.6. The standard InChI is InChI=1S/C50H45F3N2/c1-29-24-41-34-11-5-4-10-33(34)37-17-19-44(42(25-29)48(37)41)54-43-14-8-6-12-35(43)40-28-38(30(2)26-47(40)54)31-16-18-46-39(27-31)36-13-7-9-15-45(36)55(46)49(3)22-20-32(21-23-49)50(51,52)53/h4-7,9-13,15-22,24,27-30,33-34,37,48H,8,14,23,25-26H2,1-3H3. The molecule has 0 aliphatic heterocycles. The molecule has 55 heavy (non-hydrogen) atoms. The Kier molecular flexibility index (Phi) is 7.11. The van der Waals surface area contributed by atoms with E-state index in [1.807, 2.05) is 13.0 Å². The Morgan fingerprint density at radius 3 is 2.51 bits per heavy atom. The summed E-state index contributed by atoms with van der Waals surface area (Å²) in [6, 6.07) is 15.1. The van der Waals surface area contributed by atoms with Gasteiger partial charge in [-0.25, -0.2) is 0 Å². The first-order valence-electron chi connectivity index (χ1n) is 20.2. The molecule has 0 spiro atoms. The van der Waals surface area contributed by atoms with Gasteiger partial charge in [-0.05, 0) is 110 Å². The van der Waals surface area contributed by atoms with Crippen molar-refractivity contribution in [3.63, 3.8) is 0 Å². The van der Waals surface area contributed by atoms with E-state index in [0.29, 0.717) is 35.5 Å². The number of nitrogens with zero attached hydrogens (tertiary/aromatic N) is 2. The lowest BCUT2D eigenvalue weighted by Gasteiger charge is -2.35. The molecule has 2 heterocycles. The first kappa shape index (κ1) is 33.3. The molecular formula is C50H45F3N2. The molecule has 5 heteroatoms. The van der Waals surface area contributed by atoms with Gasteiger partial charge in [-0.3, -0.25) is 0 Å². The van der Waals surface area contributed by atoms with Gasteiger partial charge in [0.1, 0.15) is 0 Å². The summed E-state index contributed by atoms with van der Waals surface area (Å²) in [6.07, 6.45) is 28.7. The summed E-state index contributed by atoms with van der Waals surface area (Å²) in [5.74, 6) is 2.91. The molecule has 0 N–H and O–H groups in total. The SMILES string of the molecule is CC1C=C2C3C=CC=CC3C3C=CC(n4c5c(c6c4CC(C)C(c4ccc7c(c4)c4ccccc4n7C4(C)C=CC(C(F)(F)F)=CC4)=C6)C=CCC5)=C(C1)C23. The largest absolute Gasteiger partial charge is 0.416 e. The highest BCUT2D eigenvalue weighted by Crippen LogP contribution is 2.58. The van der Waals surface area contributed by atoms with Gasteiger partial charge >= 0.3 is 6.18 Å². The minimum Gasteiger partial charge on any atom is -0.331 e. The molecule has 0 bridgehead atoms. The zero-order chi connectivity index (χ0) is 37.4. The van der Waals surface area contributed by atoms with Crippen molar-refractivity contribution in [1.82, 2.24) is 9.13 Å². The molecule has 276 valence electrons. The Morgan fingerprint density at radius 1 is 0.836 bits per heavy atom. The minimum atomic E-state index is -4.35. The molecule has 11 rings (SSSR count). The number of hydrogen-bond donors (Lipinski definition) is 0. The van der Waals surface area contributed by atoms with E-state index in [9.17, 15) is 13.2 Å². The highest BCUT2D eigenvalue weighted by Gasteiger charge is 2.49. The van der Waals surface area contributed by atoms with Crippen LogP contribution in [0.4, 0.5) is 13.2 Å². The number of aromatic nitrogens is 2. The predicted octanol–water partition coefficient (Wildman–Crippen LogP) is 12.8. The van der Waals surface area contributed by atoms with E-state index in [4.69, 9.17) is 0 Å². The van der Waals surface area contributed by atoms with Crippen LogP contribution in [0.1, 0.15) is 68.1 Å². The lowest BCUT2D eigenvalue weighted by molar-refractivity contribution is -0.0888. The summed E-state index contributed by atoms with van der Waals surface area (Å²) in [6.45, 7) is 6.82. The van der Waals surface area contributed by atoms with Crippen molar-refractivity contribution < 1.29 is 13.2 Å². The van der Waals surface area contributed by atoms with Crippen LogP contribution in [0.2, 0.25) is 0 Å². The summed E-state index contributed by atoms with van der Waals surface area (Å²) in [5, 5.41) is 2.26. The van der Waals surface area contributed by atoms with Gasteiger partial charge < -0.3 is 9.13 Å². The Morgan fingerprint density at radius 2 is 1.67 bits per heavy atom. The summed E-state index contributed by atoms with van der Waals surface area (Å²) in [5.41, 5.74) is 13.8. The van der Waals surface area contributed by atoms with E-state index >= 15 is 0 Å². The lowest BCUT2D eigenvalue weighted by atomic mass is 9.72. The van der Waals surface area contributed by atoms with E-state index in [2.05, 4.69) is 120 Å². The van der Waals surface area contributed by atoms with Gasteiger partial charge in [0.05, 0.1) is 11.1 Å². The van der Waals surface area contributed by atoms with Crippen molar-refractivity contribution in [2.75, 3.05) is 0 Å². The zero-order valence-electron chi connectivity index (χ0n) is 31.6. The van der Waals surface area contributed by atoms with Crippen LogP contribution in [-0.2, 0) is 18.4 Å². The van der Waals surface area contributed by atoms with Crippen LogP contribution < -0.4 is 0 Å². The van der Waals surface area contributed by atoms with E-state index in [-0.39, 0.29) is 6.42 Å². The Labute approximate surface area is 320 Å². The van der Waals surface area contributed by atoms with Gasteiger partial charge in [-0.1, -0.05) is 111 Å². The summed E-state index contributed by atoms with van der Waals surface area (Å²) in [7, 11) is 0. The molecule has 7 atom stereocenters. The smallest absolute Gasteiger partial charge is 0.331 e. The molecule has 4 aromatic rings. The number of para-hydroxylation sites is 1. The normalized spacial score (nSPS) is 30.3. The average Bonchev–Trinajstić information content (AvgIpc) is 3.80. The van der Waals surface area contributed by atoms with Gasteiger partial charge in [0, 0.05) is 61.9 Å². The van der Waals surface area contributed by atoms with Gasteiger partial charge in [-0.15, -0.1) is 0 Å². The maximum Gasteiger partial charge on any atom is 0.416 e. The number of rotatable bonds is 3. The Bertz CT molecular complexity index is 2640. The molecular weight excluding hydrogens is 686 g/mol. The number of allylic oxidation sites excluding steroid dienone is 16. The second kappa shape index (κ2) is 11.7. The highest BCUT2D eigenvalue weighted by molar-refractivity contribution is 6.09. The van der Waals surface area contributed by atoms with Gasteiger partial charge in [0.15, 0.2) is 0 Å². The fourth-order valence-corrected chi connectivity index (χ4v) is 11.6. The molecule has 2 aromatic heterocycles. The van der Waals surface area contributed by atoms with E-state index in [1.54, 1.807) is 17.2 Å². The van der Waals surface area contributed by atoms with Crippen molar-refractivity contribution in [2.45, 2.75) is 64.6 Å². The van der Waals surface area contributed by atoms with Crippen molar-refractivity contribution >= 4 is 45.2 Å². The van der Waals surface area contributed by atoms with Crippen LogP contribution in [0.5, 0.6) is 0 Å². The lowest BCUT2D eigenvalue weighted by Crippen LogP contribution is -2.30. The third kappa shape index (κ3) is 4.80. The van der Waals surface area contributed by atoms with Crippen molar-refractivity contribution in [3.05, 3.63) is 154 Å². The molecule has 0 saturated heterocycles. The topological polar surface area (TPSA) is 9.86 Å². The monoisotopic (exact) mass is 730 g/mol. The summed E-state index contributed by atoms with van der Waals surface area (Å²) >= 11 is 0. The summed E-state index contributed by atoms with van der Waals surface area (Å²) in [4.78, 5) is 0. The van der Waals surface area contributed by atoms with E-state index in [0.717, 1.165) is 47.5 Å². The van der Waals surface area contributed by atoms with Crippen molar-refractivity contribution in [2.24, 2.45) is 35.5 Å². The van der Waals surface area contributed by atoms with Crippen LogP contribution in [0.3, 0.4) is 0 Å². The number of benzene rings is 2. The van der Waals surface area contributed by atoms with Crippen LogP contribution in [0.25, 0.3) is 45.2 Å². The van der Waals surface area contributed by atoms with Crippen molar-refractivity contribution in [3.8, 4) is 0 Å². The molecule has 2 nitrogen and oxygen atoms in total. The first-order valence-corrected chi connectivity index (χ1v) is 20.2. The van der Waals surface area contributed by atoms with Crippen LogP contribution in [0, 0.1) is 35.5 Å². The van der Waals surface area contributed by atoms with E-state index in [1.165, 1.54) is 51.5 Å². The second-order valence-corrected chi connectivity index (χ2v) is 17.4. The molecule has 7 unspecified atom stereocenters. The first-order chi connectivity index (χ1) is 26.6. The third-order valence-corrected chi connectivity index (χ3v) is 14.0. The molecule has 1 fully saturated rings. The maximum absolute atomic E-state index is 13.6. The molecule has 7 aliphatic rings. The van der Waals surface area contributed by atoms with Crippen LogP contribution in [0.15, 0.2) is 126 Å². The Hall–Kier alpha value is -5.03. The van der Waals surface area contributed by atoms with Crippen LogP contribution >= 0.6 is 0 Å². The molecule has 0 amide bonds.